The zero-order valence-corrected chi connectivity index (χ0v) is 15.2. The van der Waals surface area contributed by atoms with Crippen LogP contribution in [-0.4, -0.2) is 17.5 Å². The van der Waals surface area contributed by atoms with E-state index in [1.807, 2.05) is 6.92 Å². The van der Waals surface area contributed by atoms with Crippen LogP contribution in [0, 0.1) is 11.8 Å². The quantitative estimate of drug-likeness (QED) is 0.324. The summed E-state index contributed by atoms with van der Waals surface area (Å²) in [7, 11) is 0. The largest absolute Gasteiger partial charge is 0.299 e. The van der Waals surface area contributed by atoms with Gasteiger partial charge in [0.15, 0.2) is 0 Å². The van der Waals surface area contributed by atoms with E-state index in [1.54, 1.807) is 0 Å². The molecule has 1 aliphatic heterocycles. The van der Waals surface area contributed by atoms with Crippen molar-refractivity contribution in [1.82, 2.24) is 0 Å². The molecule has 1 saturated heterocycles. The molecule has 0 unspecified atom stereocenters. The van der Waals surface area contributed by atoms with E-state index in [4.69, 9.17) is 9.78 Å². The summed E-state index contributed by atoms with van der Waals surface area (Å²) in [5.74, 6) is 0.559. The van der Waals surface area contributed by atoms with Crippen molar-refractivity contribution in [3.8, 4) is 0 Å². The Hall–Kier alpha value is -0.670. The SMILES string of the molecule is CCCCCCCCC/C=C/[C@]1(C)OO[C@@H]2C[C@H]1CC(=O)[C@@H]2C. The molecule has 0 amide bonds. The van der Waals surface area contributed by atoms with Crippen LogP contribution in [0.4, 0.5) is 0 Å². The van der Waals surface area contributed by atoms with Gasteiger partial charge in [-0.05, 0) is 26.2 Å². The summed E-state index contributed by atoms with van der Waals surface area (Å²) in [5.41, 5.74) is -0.437. The predicted octanol–water partition coefficient (Wildman–Crippen LogP) is 5.39. The molecule has 0 aromatic rings. The first kappa shape index (κ1) is 18.7. The Morgan fingerprint density at radius 3 is 2.61 bits per heavy atom. The molecule has 4 atom stereocenters. The van der Waals surface area contributed by atoms with E-state index in [0.29, 0.717) is 12.2 Å². The zero-order valence-electron chi connectivity index (χ0n) is 15.2. The Morgan fingerprint density at radius 2 is 1.87 bits per heavy atom. The van der Waals surface area contributed by atoms with Crippen LogP contribution < -0.4 is 0 Å². The second-order valence-corrected chi connectivity index (χ2v) is 7.61. The van der Waals surface area contributed by atoms with Crippen LogP contribution in [0.2, 0.25) is 0 Å². The molecule has 3 nitrogen and oxygen atoms in total. The van der Waals surface area contributed by atoms with Crippen molar-refractivity contribution in [2.45, 2.75) is 96.7 Å². The van der Waals surface area contributed by atoms with Crippen LogP contribution in [0.15, 0.2) is 12.2 Å². The molecule has 132 valence electrons. The van der Waals surface area contributed by atoms with Gasteiger partial charge in [-0.25, -0.2) is 9.78 Å². The maximum Gasteiger partial charge on any atom is 0.138 e. The highest BCUT2D eigenvalue weighted by molar-refractivity contribution is 5.82. The van der Waals surface area contributed by atoms with Crippen LogP contribution in [-0.2, 0) is 14.6 Å². The average Bonchev–Trinajstić information content (AvgIpc) is 2.54. The average molecular weight is 322 g/mol. The summed E-state index contributed by atoms with van der Waals surface area (Å²) in [6.45, 7) is 6.26. The first-order valence-electron chi connectivity index (χ1n) is 9.61. The van der Waals surface area contributed by atoms with Crippen molar-refractivity contribution < 1.29 is 14.6 Å². The Morgan fingerprint density at radius 1 is 1.17 bits per heavy atom. The molecule has 2 rings (SSSR count). The fraction of sp³-hybridized carbons (Fsp3) is 0.850. The normalized spacial score (nSPS) is 34.2. The standard InChI is InChI=1S/C20H34O3/c1-4-5-6-7-8-9-10-11-12-13-20(3)17-14-18(21)16(2)19(15-17)22-23-20/h12-13,16-17,19H,4-11,14-15H2,1-3H3/b13-12+/t16-,17+,19+,20-/m0/s1. The summed E-state index contributed by atoms with van der Waals surface area (Å²) in [6, 6.07) is 0. The van der Waals surface area contributed by atoms with Crippen LogP contribution in [0.5, 0.6) is 0 Å². The Bertz CT molecular complexity index is 404. The van der Waals surface area contributed by atoms with Crippen molar-refractivity contribution in [3.63, 3.8) is 0 Å². The molecule has 2 bridgehead atoms. The second kappa shape index (κ2) is 8.98. The third kappa shape index (κ3) is 5.15. The lowest BCUT2D eigenvalue weighted by Crippen LogP contribution is -2.52. The minimum Gasteiger partial charge on any atom is -0.299 e. The molecule has 23 heavy (non-hydrogen) atoms. The lowest BCUT2D eigenvalue weighted by molar-refractivity contribution is -0.415. The summed E-state index contributed by atoms with van der Waals surface area (Å²) in [5, 5.41) is 0. The number of hydrogen-bond acceptors (Lipinski definition) is 3. The minimum atomic E-state index is -0.437. The van der Waals surface area contributed by atoms with Crippen molar-refractivity contribution in [3.05, 3.63) is 12.2 Å². The fourth-order valence-corrected chi connectivity index (χ4v) is 3.70. The number of carbonyl (C=O) groups is 1. The van der Waals surface area contributed by atoms with E-state index in [2.05, 4.69) is 26.0 Å². The van der Waals surface area contributed by atoms with E-state index in [-0.39, 0.29) is 17.9 Å². The molecular weight excluding hydrogens is 288 g/mol. The second-order valence-electron chi connectivity index (χ2n) is 7.61. The van der Waals surface area contributed by atoms with Gasteiger partial charge in [-0.2, -0.15) is 0 Å². The minimum absolute atomic E-state index is 0.0208. The lowest BCUT2D eigenvalue weighted by atomic mass is 9.71. The Kier molecular flexibility index (Phi) is 7.29. The first-order valence-corrected chi connectivity index (χ1v) is 9.61. The van der Waals surface area contributed by atoms with Gasteiger partial charge in [0.05, 0.1) is 0 Å². The number of fused-ring (bicyclic) bond motifs is 2. The van der Waals surface area contributed by atoms with Gasteiger partial charge in [0.1, 0.15) is 17.5 Å². The van der Waals surface area contributed by atoms with Gasteiger partial charge in [-0.3, -0.25) is 4.79 Å². The molecule has 2 aliphatic rings. The van der Waals surface area contributed by atoms with Crippen molar-refractivity contribution >= 4 is 5.78 Å². The molecule has 0 radical (unpaired) electrons. The highest BCUT2D eigenvalue weighted by atomic mass is 17.2. The molecule has 2 fully saturated rings. The Labute approximate surface area is 141 Å². The molecule has 1 saturated carbocycles. The smallest absolute Gasteiger partial charge is 0.138 e. The highest BCUT2D eigenvalue weighted by Crippen LogP contribution is 2.42. The molecule has 0 N–H and O–H groups in total. The van der Waals surface area contributed by atoms with Crippen molar-refractivity contribution in [2.75, 3.05) is 0 Å². The van der Waals surface area contributed by atoms with Gasteiger partial charge in [-0.15, -0.1) is 0 Å². The van der Waals surface area contributed by atoms with E-state index in [0.717, 1.165) is 12.8 Å². The van der Waals surface area contributed by atoms with E-state index in [9.17, 15) is 4.79 Å². The highest BCUT2D eigenvalue weighted by Gasteiger charge is 2.48. The lowest BCUT2D eigenvalue weighted by Gasteiger charge is -2.45. The third-order valence-electron chi connectivity index (χ3n) is 5.61. The van der Waals surface area contributed by atoms with E-state index < -0.39 is 5.60 Å². The van der Waals surface area contributed by atoms with Gasteiger partial charge in [0, 0.05) is 18.3 Å². The maximum absolute atomic E-state index is 12.1. The van der Waals surface area contributed by atoms with Crippen LogP contribution in [0.3, 0.4) is 0 Å². The van der Waals surface area contributed by atoms with E-state index >= 15 is 0 Å². The van der Waals surface area contributed by atoms with Crippen LogP contribution >= 0.6 is 0 Å². The first-order chi connectivity index (χ1) is 11.1. The topological polar surface area (TPSA) is 35.5 Å². The molecule has 0 aromatic heterocycles. The molecule has 1 heterocycles. The maximum atomic E-state index is 12.1. The van der Waals surface area contributed by atoms with Crippen molar-refractivity contribution in [1.29, 1.82) is 0 Å². The predicted molar refractivity (Wildman–Crippen MR) is 93.0 cm³/mol. The number of ketones is 1. The number of unbranched alkanes of at least 4 members (excludes halogenated alkanes) is 7. The Balaban J connectivity index is 1.69. The summed E-state index contributed by atoms with van der Waals surface area (Å²) in [6.07, 6.45) is 16.3. The molecule has 1 aliphatic carbocycles. The molecular formula is C20H34O3. The summed E-state index contributed by atoms with van der Waals surface area (Å²) >= 11 is 0. The number of allylic oxidation sites excluding steroid dienone is 1. The molecule has 0 aromatic carbocycles. The molecule has 0 spiro atoms. The monoisotopic (exact) mass is 322 g/mol. The van der Waals surface area contributed by atoms with Gasteiger partial charge >= 0.3 is 0 Å². The van der Waals surface area contributed by atoms with Gasteiger partial charge < -0.3 is 0 Å². The molecule has 3 heteroatoms. The number of hydrogen-bond donors (Lipinski definition) is 0. The van der Waals surface area contributed by atoms with Gasteiger partial charge in [0.2, 0.25) is 0 Å². The zero-order chi connectivity index (χ0) is 16.7. The van der Waals surface area contributed by atoms with Crippen LogP contribution in [0.25, 0.3) is 0 Å². The van der Waals surface area contributed by atoms with Crippen molar-refractivity contribution in [2.24, 2.45) is 11.8 Å². The van der Waals surface area contributed by atoms with Gasteiger partial charge in [-0.1, -0.05) is 64.5 Å². The summed E-state index contributed by atoms with van der Waals surface area (Å²) < 4.78 is 0. The van der Waals surface area contributed by atoms with Crippen LogP contribution in [0.1, 0.15) is 85.0 Å². The van der Waals surface area contributed by atoms with E-state index in [1.165, 1.54) is 44.9 Å². The number of rotatable bonds is 9. The van der Waals surface area contributed by atoms with Gasteiger partial charge in [0.25, 0.3) is 0 Å². The number of Topliss-reactive ketones (excluding diaryl/α,β-unsaturated/α-hetero) is 1. The third-order valence-corrected chi connectivity index (χ3v) is 5.61. The number of carbonyl (C=O) groups excluding carboxylic acids is 1. The summed E-state index contributed by atoms with van der Waals surface area (Å²) in [4.78, 5) is 23.3. The fourth-order valence-electron chi connectivity index (χ4n) is 3.70.